The predicted molar refractivity (Wildman–Crippen MR) is 110 cm³/mol. The van der Waals surface area contributed by atoms with E-state index >= 15 is 0 Å². The Balaban J connectivity index is 2.01. The summed E-state index contributed by atoms with van der Waals surface area (Å²) < 4.78 is 33.2. The van der Waals surface area contributed by atoms with E-state index in [1.54, 1.807) is 36.4 Å². The first kappa shape index (κ1) is 21.3. The average Bonchev–Trinajstić information content (AvgIpc) is 2.72. The molecule has 144 valence electrons. The van der Waals surface area contributed by atoms with Crippen LogP contribution in [0, 0.1) is 23.7 Å². The molecule has 0 bridgehead atoms. The van der Waals surface area contributed by atoms with Crippen LogP contribution in [-0.4, -0.2) is 6.61 Å². The lowest BCUT2D eigenvalue weighted by molar-refractivity contribution is 0.309. The van der Waals surface area contributed by atoms with Crippen LogP contribution in [0.1, 0.15) is 49.8 Å². The minimum absolute atomic E-state index is 0.574. The quantitative estimate of drug-likeness (QED) is 0.419. The molecule has 2 aromatic rings. The zero-order valence-corrected chi connectivity index (χ0v) is 16.3. The van der Waals surface area contributed by atoms with Crippen LogP contribution in [0.4, 0.5) is 8.78 Å². The maximum Gasteiger partial charge on any atom is 0.217 e. The minimum atomic E-state index is -1.17. The van der Waals surface area contributed by atoms with Gasteiger partial charge in [0.15, 0.2) is 0 Å². The molecule has 0 heterocycles. The third-order valence-electron chi connectivity index (χ3n) is 3.94. The third kappa shape index (κ3) is 7.29. The van der Waals surface area contributed by atoms with Crippen molar-refractivity contribution in [3.8, 4) is 29.4 Å². The van der Waals surface area contributed by atoms with Gasteiger partial charge in [0, 0.05) is 11.1 Å². The van der Waals surface area contributed by atoms with Gasteiger partial charge in [-0.25, -0.2) is 0 Å². The van der Waals surface area contributed by atoms with Gasteiger partial charge >= 0.3 is 0 Å². The lowest BCUT2D eigenvalue weighted by Crippen LogP contribution is -1.95. The molecule has 0 aliphatic carbocycles. The predicted octanol–water partition coefficient (Wildman–Crippen LogP) is 6.37. The molecular weight excluding hydrogens is 354 g/mol. The van der Waals surface area contributed by atoms with Gasteiger partial charge in [0.25, 0.3) is 0 Å². The molecule has 0 atom stereocenters. The van der Waals surface area contributed by atoms with E-state index in [0.29, 0.717) is 17.7 Å². The Morgan fingerprint density at radius 1 is 0.786 bits per heavy atom. The normalized spacial score (nSPS) is 10.9. The maximum absolute atomic E-state index is 13.8. The molecule has 0 N–H and O–H groups in total. The molecule has 0 spiro atoms. The second-order valence-electron chi connectivity index (χ2n) is 6.30. The van der Waals surface area contributed by atoms with Gasteiger partial charge in [-0.1, -0.05) is 50.7 Å². The number of allylic oxidation sites excluding steroid dienone is 2. The summed E-state index contributed by atoms with van der Waals surface area (Å²) in [6.45, 7) is 4.86. The zero-order chi connectivity index (χ0) is 20.2. The molecule has 0 fully saturated rings. The van der Waals surface area contributed by atoms with Gasteiger partial charge in [-0.2, -0.15) is 8.78 Å². The molecule has 0 radical (unpaired) electrons. The number of ether oxygens (including phenoxy) is 1. The Morgan fingerprint density at radius 2 is 1.32 bits per heavy atom. The van der Waals surface area contributed by atoms with Crippen molar-refractivity contribution in [2.45, 2.75) is 39.5 Å². The van der Waals surface area contributed by atoms with Crippen molar-refractivity contribution in [2.24, 2.45) is 0 Å². The number of benzene rings is 2. The molecule has 0 aliphatic heterocycles. The molecule has 3 heteroatoms. The zero-order valence-electron chi connectivity index (χ0n) is 16.3. The molecule has 0 aromatic heterocycles. The second kappa shape index (κ2) is 11.6. The van der Waals surface area contributed by atoms with Gasteiger partial charge in [-0.3, -0.25) is 0 Å². The van der Waals surface area contributed by atoms with Crippen molar-refractivity contribution >= 4 is 0 Å². The van der Waals surface area contributed by atoms with E-state index < -0.39 is 11.7 Å². The Kier molecular flexibility index (Phi) is 8.83. The summed E-state index contributed by atoms with van der Waals surface area (Å²) in [6, 6.07) is 14.4. The molecular formula is C25H24F2O. The van der Waals surface area contributed by atoms with Crippen molar-refractivity contribution in [3.05, 3.63) is 76.9 Å². The third-order valence-corrected chi connectivity index (χ3v) is 3.94. The molecule has 1 nitrogen and oxygen atoms in total. The minimum Gasteiger partial charge on any atom is -0.494 e. The van der Waals surface area contributed by atoms with Crippen LogP contribution in [0.25, 0.3) is 0 Å². The molecule has 0 unspecified atom stereocenters. The van der Waals surface area contributed by atoms with Crippen molar-refractivity contribution in [3.63, 3.8) is 0 Å². The summed E-state index contributed by atoms with van der Waals surface area (Å²) in [6.07, 6.45) is 4.09. The van der Waals surface area contributed by atoms with E-state index in [-0.39, 0.29) is 0 Å². The molecule has 2 rings (SSSR count). The van der Waals surface area contributed by atoms with Crippen molar-refractivity contribution in [1.82, 2.24) is 0 Å². The van der Waals surface area contributed by atoms with E-state index in [4.69, 9.17) is 4.74 Å². The fourth-order valence-electron chi connectivity index (χ4n) is 2.38. The van der Waals surface area contributed by atoms with Crippen LogP contribution in [-0.2, 0) is 6.42 Å². The molecule has 0 amide bonds. The number of aryl methyl sites for hydroxylation is 1. The number of rotatable bonds is 6. The first-order chi connectivity index (χ1) is 13.6. The van der Waals surface area contributed by atoms with E-state index in [9.17, 15) is 8.78 Å². The lowest BCUT2D eigenvalue weighted by atomic mass is 10.1. The summed E-state index contributed by atoms with van der Waals surface area (Å²) in [5.74, 6) is 7.98. The molecule has 0 saturated carbocycles. The van der Waals surface area contributed by atoms with Crippen molar-refractivity contribution in [1.29, 1.82) is 0 Å². The first-order valence-electron chi connectivity index (χ1n) is 9.53. The summed E-state index contributed by atoms with van der Waals surface area (Å²) in [5, 5.41) is 0. The Hall–Kier alpha value is -3.04. The van der Waals surface area contributed by atoms with E-state index in [0.717, 1.165) is 31.4 Å². The van der Waals surface area contributed by atoms with Gasteiger partial charge in [0.05, 0.1) is 6.61 Å². The largest absolute Gasteiger partial charge is 0.494 e. The monoisotopic (exact) mass is 378 g/mol. The summed E-state index contributed by atoms with van der Waals surface area (Å²) in [7, 11) is 0. The van der Waals surface area contributed by atoms with Crippen LogP contribution in [0.5, 0.6) is 5.75 Å². The van der Waals surface area contributed by atoms with Crippen LogP contribution in [0.2, 0.25) is 0 Å². The highest BCUT2D eigenvalue weighted by atomic mass is 19.2. The van der Waals surface area contributed by atoms with Crippen LogP contribution >= 0.6 is 0 Å². The highest BCUT2D eigenvalue weighted by molar-refractivity contribution is 5.46. The smallest absolute Gasteiger partial charge is 0.217 e. The van der Waals surface area contributed by atoms with Gasteiger partial charge in [-0.15, -0.1) is 0 Å². The van der Waals surface area contributed by atoms with Gasteiger partial charge in [0.2, 0.25) is 11.7 Å². The summed E-state index contributed by atoms with van der Waals surface area (Å²) >= 11 is 0. The Bertz CT molecular complexity index is 901. The standard InChI is InChI=1S/C25H24F2O/c1-3-5-19-28-23-15-11-22(12-16-23)14-18-25(27)24(26)17-13-21-9-7-20(6-4-2)8-10-21/h7-12,15-16H,3-6,19H2,1-2H3/b25-24+. The lowest BCUT2D eigenvalue weighted by Gasteiger charge is -2.04. The topological polar surface area (TPSA) is 9.23 Å². The number of halogens is 2. The molecule has 0 saturated heterocycles. The van der Waals surface area contributed by atoms with Crippen LogP contribution in [0.15, 0.2) is 60.2 Å². The first-order valence-corrected chi connectivity index (χ1v) is 9.53. The molecule has 0 aliphatic rings. The van der Waals surface area contributed by atoms with Gasteiger partial charge < -0.3 is 4.74 Å². The fourth-order valence-corrected chi connectivity index (χ4v) is 2.38. The fraction of sp³-hybridized carbons (Fsp3) is 0.280. The van der Waals surface area contributed by atoms with Crippen molar-refractivity contribution < 1.29 is 13.5 Å². The summed E-state index contributed by atoms with van der Waals surface area (Å²) in [4.78, 5) is 0. The maximum atomic E-state index is 13.8. The highest BCUT2D eigenvalue weighted by Crippen LogP contribution is 2.13. The van der Waals surface area contributed by atoms with Crippen molar-refractivity contribution in [2.75, 3.05) is 6.61 Å². The van der Waals surface area contributed by atoms with Crippen LogP contribution in [0.3, 0.4) is 0 Å². The number of unbranched alkanes of at least 4 members (excludes halogenated alkanes) is 1. The Labute approximate surface area is 166 Å². The molecule has 28 heavy (non-hydrogen) atoms. The van der Waals surface area contributed by atoms with E-state index in [2.05, 4.69) is 37.5 Å². The summed E-state index contributed by atoms with van der Waals surface area (Å²) in [5.41, 5.74) is 2.41. The SMILES string of the molecule is CCCCOc1ccc(C#C/C(F)=C(\F)C#Cc2ccc(CCC)cc2)cc1. The van der Waals surface area contributed by atoms with Crippen LogP contribution < -0.4 is 4.74 Å². The Morgan fingerprint density at radius 3 is 1.82 bits per heavy atom. The van der Waals surface area contributed by atoms with Gasteiger partial charge in [0.1, 0.15) is 5.75 Å². The molecule has 2 aromatic carbocycles. The van der Waals surface area contributed by atoms with E-state index in [1.807, 2.05) is 12.1 Å². The second-order valence-corrected chi connectivity index (χ2v) is 6.30. The average molecular weight is 378 g/mol. The highest BCUT2D eigenvalue weighted by Gasteiger charge is 2.00. The number of hydrogen-bond acceptors (Lipinski definition) is 1. The number of hydrogen-bond donors (Lipinski definition) is 0. The van der Waals surface area contributed by atoms with Gasteiger partial charge in [-0.05, 0) is 66.6 Å². The van der Waals surface area contributed by atoms with E-state index in [1.165, 1.54) is 5.56 Å².